The van der Waals surface area contributed by atoms with E-state index in [0.29, 0.717) is 31.7 Å². The monoisotopic (exact) mass is 578 g/mol. The number of aromatic nitrogens is 1. The van der Waals surface area contributed by atoms with E-state index in [4.69, 9.17) is 9.73 Å². The van der Waals surface area contributed by atoms with Gasteiger partial charge in [0.15, 0.2) is 4.80 Å². The SMILES string of the molecule is CCOC(=O)C1=C(c2ccccc2)N=c2s/c(=C\c3cc(Br)ccc3O)c(=O)n2[C@@H]1c1ccc(F)cc1. The lowest BCUT2D eigenvalue weighted by Gasteiger charge is -2.25. The van der Waals surface area contributed by atoms with Crippen LogP contribution in [0.1, 0.15) is 29.7 Å². The molecule has 0 saturated carbocycles. The number of rotatable bonds is 5. The van der Waals surface area contributed by atoms with Crippen LogP contribution in [0.2, 0.25) is 0 Å². The van der Waals surface area contributed by atoms with E-state index in [-0.39, 0.29) is 17.9 Å². The summed E-state index contributed by atoms with van der Waals surface area (Å²) in [7, 11) is 0. The highest BCUT2D eigenvalue weighted by atomic mass is 79.9. The van der Waals surface area contributed by atoms with Gasteiger partial charge in [0.25, 0.3) is 5.56 Å². The fraction of sp³-hybridized carbons (Fsp3) is 0.107. The van der Waals surface area contributed by atoms with Gasteiger partial charge in [0.1, 0.15) is 11.6 Å². The summed E-state index contributed by atoms with van der Waals surface area (Å²) >= 11 is 4.53. The maximum Gasteiger partial charge on any atom is 0.338 e. The van der Waals surface area contributed by atoms with Gasteiger partial charge in [-0.1, -0.05) is 69.7 Å². The predicted molar refractivity (Wildman–Crippen MR) is 143 cm³/mol. The number of benzene rings is 3. The Balaban J connectivity index is 1.84. The van der Waals surface area contributed by atoms with E-state index in [1.807, 2.05) is 30.3 Å². The summed E-state index contributed by atoms with van der Waals surface area (Å²) in [4.78, 5) is 32.3. The van der Waals surface area contributed by atoms with Crippen LogP contribution in [-0.4, -0.2) is 22.2 Å². The molecule has 4 aromatic rings. The summed E-state index contributed by atoms with van der Waals surface area (Å²) in [6, 6.07) is 18.9. The van der Waals surface area contributed by atoms with Crippen LogP contribution in [0.5, 0.6) is 5.75 Å². The molecule has 3 aromatic carbocycles. The van der Waals surface area contributed by atoms with E-state index in [2.05, 4.69) is 15.9 Å². The highest BCUT2D eigenvalue weighted by molar-refractivity contribution is 9.10. The molecule has 0 fully saturated rings. The molecule has 37 heavy (non-hydrogen) atoms. The second-order valence-electron chi connectivity index (χ2n) is 8.19. The maximum atomic E-state index is 13.8. The molecule has 0 amide bonds. The summed E-state index contributed by atoms with van der Waals surface area (Å²) in [5, 5.41) is 10.3. The molecule has 0 spiro atoms. The van der Waals surface area contributed by atoms with E-state index in [9.17, 15) is 19.1 Å². The topological polar surface area (TPSA) is 80.9 Å². The average molecular weight is 579 g/mol. The molecule has 0 saturated heterocycles. The first-order chi connectivity index (χ1) is 17.9. The molecular weight excluding hydrogens is 559 g/mol. The summed E-state index contributed by atoms with van der Waals surface area (Å²) in [6.45, 7) is 1.83. The summed E-state index contributed by atoms with van der Waals surface area (Å²) in [5.74, 6) is -1.04. The van der Waals surface area contributed by atoms with E-state index in [1.54, 1.807) is 37.3 Å². The average Bonchev–Trinajstić information content (AvgIpc) is 3.21. The number of aromatic hydroxyl groups is 1. The molecule has 5 rings (SSSR count). The number of carbonyl (C=O) groups is 1. The van der Waals surface area contributed by atoms with Gasteiger partial charge in [-0.2, -0.15) is 0 Å². The molecule has 1 aliphatic heterocycles. The lowest BCUT2D eigenvalue weighted by Crippen LogP contribution is -2.40. The van der Waals surface area contributed by atoms with Crippen molar-refractivity contribution in [2.45, 2.75) is 13.0 Å². The zero-order valence-corrected chi connectivity index (χ0v) is 21.9. The number of carbonyl (C=O) groups excluding carboxylic acids is 1. The Kier molecular flexibility index (Phi) is 6.90. The van der Waals surface area contributed by atoms with Crippen LogP contribution in [0.25, 0.3) is 11.8 Å². The molecule has 2 heterocycles. The third kappa shape index (κ3) is 4.80. The van der Waals surface area contributed by atoms with Gasteiger partial charge in [0.2, 0.25) is 0 Å². The molecule has 6 nitrogen and oxygen atoms in total. The molecule has 0 radical (unpaired) electrons. The number of phenolic OH excluding ortho intramolecular Hbond substituents is 1. The van der Waals surface area contributed by atoms with Crippen molar-refractivity contribution in [1.82, 2.24) is 4.57 Å². The summed E-state index contributed by atoms with van der Waals surface area (Å²) in [6.07, 6.45) is 1.59. The third-order valence-electron chi connectivity index (χ3n) is 5.84. The van der Waals surface area contributed by atoms with Gasteiger partial charge in [-0.3, -0.25) is 9.36 Å². The predicted octanol–water partition coefficient (Wildman–Crippen LogP) is 4.54. The molecule has 1 aromatic heterocycles. The van der Waals surface area contributed by atoms with Crippen molar-refractivity contribution in [3.8, 4) is 5.75 Å². The molecule has 9 heteroatoms. The van der Waals surface area contributed by atoms with Crippen LogP contribution in [0, 0.1) is 5.82 Å². The van der Waals surface area contributed by atoms with Gasteiger partial charge < -0.3 is 9.84 Å². The second-order valence-corrected chi connectivity index (χ2v) is 10.1. The van der Waals surface area contributed by atoms with Crippen molar-refractivity contribution in [3.63, 3.8) is 0 Å². The fourth-order valence-electron chi connectivity index (χ4n) is 4.18. The van der Waals surface area contributed by atoms with E-state index in [0.717, 1.165) is 15.8 Å². The van der Waals surface area contributed by atoms with Crippen LogP contribution >= 0.6 is 27.3 Å². The largest absolute Gasteiger partial charge is 0.507 e. The fourth-order valence-corrected chi connectivity index (χ4v) is 5.55. The van der Waals surface area contributed by atoms with Gasteiger partial charge in [0.05, 0.1) is 28.5 Å². The van der Waals surface area contributed by atoms with Crippen molar-refractivity contribution in [2.24, 2.45) is 4.99 Å². The third-order valence-corrected chi connectivity index (χ3v) is 7.31. The van der Waals surface area contributed by atoms with Crippen molar-refractivity contribution in [3.05, 3.63) is 125 Å². The first-order valence-corrected chi connectivity index (χ1v) is 13.0. The minimum absolute atomic E-state index is 0.0151. The molecule has 186 valence electrons. The molecule has 1 aliphatic rings. The number of nitrogens with zero attached hydrogens (tertiary/aromatic N) is 2. The van der Waals surface area contributed by atoms with Crippen molar-refractivity contribution >= 4 is 45.0 Å². The molecule has 1 N–H and O–H groups in total. The quantitative estimate of drug-likeness (QED) is 0.352. The maximum absolute atomic E-state index is 13.8. The number of hydrogen-bond acceptors (Lipinski definition) is 6. The lowest BCUT2D eigenvalue weighted by atomic mass is 9.93. The minimum Gasteiger partial charge on any atom is -0.507 e. The Morgan fingerprint density at radius 1 is 1.16 bits per heavy atom. The Hall–Kier alpha value is -3.82. The van der Waals surface area contributed by atoms with Crippen LogP contribution in [0.3, 0.4) is 0 Å². The van der Waals surface area contributed by atoms with Crippen molar-refractivity contribution in [1.29, 1.82) is 0 Å². The number of thiazole rings is 1. The highest BCUT2D eigenvalue weighted by Gasteiger charge is 2.35. The smallest absolute Gasteiger partial charge is 0.338 e. The van der Waals surface area contributed by atoms with Gasteiger partial charge in [-0.25, -0.2) is 14.2 Å². The van der Waals surface area contributed by atoms with Crippen LogP contribution in [0.4, 0.5) is 4.39 Å². The Bertz CT molecular complexity index is 1710. The Morgan fingerprint density at radius 3 is 2.59 bits per heavy atom. The van der Waals surface area contributed by atoms with Gasteiger partial charge in [0, 0.05) is 15.6 Å². The molecule has 0 aliphatic carbocycles. The zero-order chi connectivity index (χ0) is 26.1. The molecular formula is C28H20BrFN2O4S. The van der Waals surface area contributed by atoms with Crippen LogP contribution < -0.4 is 14.9 Å². The first-order valence-electron chi connectivity index (χ1n) is 11.4. The first kappa shape index (κ1) is 24.9. The lowest BCUT2D eigenvalue weighted by molar-refractivity contribution is -0.138. The van der Waals surface area contributed by atoms with Crippen molar-refractivity contribution < 1.29 is 19.0 Å². The minimum atomic E-state index is -0.899. The summed E-state index contributed by atoms with van der Waals surface area (Å²) < 4.78 is 21.7. The number of esters is 1. The number of phenols is 1. The van der Waals surface area contributed by atoms with E-state index in [1.165, 1.54) is 22.8 Å². The number of halogens is 2. The van der Waals surface area contributed by atoms with Crippen LogP contribution in [-0.2, 0) is 9.53 Å². The number of fused-ring (bicyclic) bond motifs is 1. The molecule has 1 atom stereocenters. The van der Waals surface area contributed by atoms with Crippen LogP contribution in [0.15, 0.2) is 92.6 Å². The molecule has 0 unspecified atom stereocenters. The van der Waals surface area contributed by atoms with Gasteiger partial charge >= 0.3 is 5.97 Å². The van der Waals surface area contributed by atoms with E-state index < -0.39 is 23.4 Å². The zero-order valence-electron chi connectivity index (χ0n) is 19.5. The summed E-state index contributed by atoms with van der Waals surface area (Å²) in [5.41, 5.74) is 1.83. The Morgan fingerprint density at radius 2 is 1.89 bits per heavy atom. The van der Waals surface area contributed by atoms with E-state index >= 15 is 0 Å². The van der Waals surface area contributed by atoms with Crippen molar-refractivity contribution in [2.75, 3.05) is 6.61 Å². The number of hydrogen-bond donors (Lipinski definition) is 1. The van der Waals surface area contributed by atoms with Gasteiger partial charge in [-0.05, 0) is 48.9 Å². The normalized spacial score (nSPS) is 15.3. The highest BCUT2D eigenvalue weighted by Crippen LogP contribution is 2.35. The molecule has 0 bridgehead atoms. The number of ether oxygens (including phenoxy) is 1. The van der Waals surface area contributed by atoms with Gasteiger partial charge in [-0.15, -0.1) is 0 Å². The second kappa shape index (κ2) is 10.3. The Labute approximate surface area is 223 Å². The standard InChI is InChI=1S/C28H20BrFN2O4S/c1-2-36-27(35)23-24(16-6-4-3-5-7-16)31-28-32(25(23)17-8-11-20(30)12-9-17)26(34)22(37-28)15-18-14-19(29)10-13-21(18)33/h3-15,25,33H,2H2,1H3/b22-15-/t25-/m1/s1.